The SMILES string of the molecule is C#CCCNc1cc(Cl)ccc1C. The second-order valence-corrected chi connectivity index (χ2v) is 3.28. The maximum absolute atomic E-state index is 5.85. The zero-order valence-corrected chi connectivity index (χ0v) is 8.36. The van der Waals surface area contributed by atoms with Crippen LogP contribution in [0.2, 0.25) is 5.02 Å². The molecule has 1 N–H and O–H groups in total. The van der Waals surface area contributed by atoms with Crippen LogP contribution in [0, 0.1) is 19.3 Å². The van der Waals surface area contributed by atoms with E-state index in [4.69, 9.17) is 18.0 Å². The van der Waals surface area contributed by atoms with Crippen LogP contribution in [0.4, 0.5) is 5.69 Å². The van der Waals surface area contributed by atoms with Crippen LogP contribution < -0.4 is 5.32 Å². The van der Waals surface area contributed by atoms with Gasteiger partial charge in [0.1, 0.15) is 0 Å². The fourth-order valence-electron chi connectivity index (χ4n) is 1.05. The van der Waals surface area contributed by atoms with Gasteiger partial charge < -0.3 is 5.32 Å². The maximum atomic E-state index is 5.85. The van der Waals surface area contributed by atoms with Gasteiger partial charge >= 0.3 is 0 Å². The van der Waals surface area contributed by atoms with Crippen molar-refractivity contribution in [2.75, 3.05) is 11.9 Å². The van der Waals surface area contributed by atoms with Crippen molar-refractivity contribution in [1.82, 2.24) is 0 Å². The van der Waals surface area contributed by atoms with Gasteiger partial charge in [0.05, 0.1) is 0 Å². The van der Waals surface area contributed by atoms with E-state index in [0.29, 0.717) is 0 Å². The van der Waals surface area contributed by atoms with Crippen molar-refractivity contribution in [3.05, 3.63) is 28.8 Å². The lowest BCUT2D eigenvalue weighted by Crippen LogP contribution is -2.01. The van der Waals surface area contributed by atoms with E-state index in [0.717, 1.165) is 23.7 Å². The van der Waals surface area contributed by atoms with Crippen molar-refractivity contribution in [3.63, 3.8) is 0 Å². The number of anilines is 1. The molecule has 1 aromatic rings. The van der Waals surface area contributed by atoms with Crippen LogP contribution in [0.3, 0.4) is 0 Å². The molecule has 1 rings (SSSR count). The highest BCUT2D eigenvalue weighted by Gasteiger charge is 1.97. The Hall–Kier alpha value is -1.13. The molecule has 1 aromatic carbocycles. The summed E-state index contributed by atoms with van der Waals surface area (Å²) in [5.41, 5.74) is 2.24. The number of terminal acetylenes is 1. The molecule has 0 saturated heterocycles. The molecule has 0 aromatic heterocycles. The summed E-state index contributed by atoms with van der Waals surface area (Å²) >= 11 is 5.85. The summed E-state index contributed by atoms with van der Waals surface area (Å²) in [4.78, 5) is 0. The highest BCUT2D eigenvalue weighted by atomic mass is 35.5. The summed E-state index contributed by atoms with van der Waals surface area (Å²) in [6.07, 6.45) is 5.87. The molecule has 0 bridgehead atoms. The van der Waals surface area contributed by atoms with Crippen molar-refractivity contribution in [2.45, 2.75) is 13.3 Å². The molecule has 0 heterocycles. The van der Waals surface area contributed by atoms with Crippen molar-refractivity contribution >= 4 is 17.3 Å². The number of nitrogens with one attached hydrogen (secondary N) is 1. The lowest BCUT2D eigenvalue weighted by molar-refractivity contribution is 1.09. The zero-order chi connectivity index (χ0) is 9.68. The van der Waals surface area contributed by atoms with Gasteiger partial charge in [0.15, 0.2) is 0 Å². The molecular weight excluding hydrogens is 182 g/mol. The minimum Gasteiger partial charge on any atom is -0.384 e. The van der Waals surface area contributed by atoms with E-state index in [9.17, 15) is 0 Å². The average Bonchev–Trinajstić information content (AvgIpc) is 2.11. The van der Waals surface area contributed by atoms with Crippen LogP contribution in [0.5, 0.6) is 0 Å². The Kier molecular flexibility index (Phi) is 3.67. The molecule has 0 amide bonds. The second-order valence-electron chi connectivity index (χ2n) is 2.84. The van der Waals surface area contributed by atoms with Gasteiger partial charge in [-0.05, 0) is 24.6 Å². The molecule has 0 radical (unpaired) electrons. The average molecular weight is 194 g/mol. The molecule has 0 spiro atoms. The molecule has 0 saturated carbocycles. The van der Waals surface area contributed by atoms with E-state index in [1.54, 1.807) is 0 Å². The topological polar surface area (TPSA) is 12.0 Å². The highest BCUT2D eigenvalue weighted by Crippen LogP contribution is 2.19. The van der Waals surface area contributed by atoms with Gasteiger partial charge in [-0.3, -0.25) is 0 Å². The Morgan fingerprint density at radius 3 is 3.00 bits per heavy atom. The number of aryl methyl sites for hydroxylation is 1. The number of hydrogen-bond donors (Lipinski definition) is 1. The molecule has 2 heteroatoms. The molecule has 0 fully saturated rings. The third kappa shape index (κ3) is 3.01. The van der Waals surface area contributed by atoms with Crippen LogP contribution in [0.1, 0.15) is 12.0 Å². The molecule has 68 valence electrons. The Bertz CT molecular complexity index is 325. The van der Waals surface area contributed by atoms with Crippen LogP contribution in [-0.2, 0) is 0 Å². The van der Waals surface area contributed by atoms with E-state index >= 15 is 0 Å². The summed E-state index contributed by atoms with van der Waals surface area (Å²) in [5.74, 6) is 2.58. The fourth-order valence-corrected chi connectivity index (χ4v) is 1.23. The quantitative estimate of drug-likeness (QED) is 0.575. The standard InChI is InChI=1S/C11H12ClN/c1-3-4-7-13-11-8-10(12)6-5-9(11)2/h1,5-6,8,13H,4,7H2,2H3. The van der Waals surface area contributed by atoms with E-state index in [1.807, 2.05) is 25.1 Å². The molecule has 0 atom stereocenters. The van der Waals surface area contributed by atoms with Crippen molar-refractivity contribution in [1.29, 1.82) is 0 Å². The molecule has 0 aliphatic carbocycles. The van der Waals surface area contributed by atoms with Crippen LogP contribution in [0.25, 0.3) is 0 Å². The highest BCUT2D eigenvalue weighted by molar-refractivity contribution is 6.30. The van der Waals surface area contributed by atoms with Crippen molar-refractivity contribution in [3.8, 4) is 12.3 Å². The van der Waals surface area contributed by atoms with Crippen LogP contribution >= 0.6 is 11.6 Å². The minimum atomic E-state index is 0.728. The van der Waals surface area contributed by atoms with Gasteiger partial charge in [0, 0.05) is 23.7 Å². The predicted molar refractivity (Wildman–Crippen MR) is 58.1 cm³/mol. The van der Waals surface area contributed by atoms with Gasteiger partial charge in [-0.2, -0.15) is 0 Å². The first-order valence-electron chi connectivity index (χ1n) is 4.17. The minimum absolute atomic E-state index is 0.728. The first kappa shape index (κ1) is 9.95. The lowest BCUT2D eigenvalue weighted by Gasteiger charge is -2.07. The predicted octanol–water partition coefficient (Wildman–Crippen LogP) is 3.08. The first-order chi connectivity index (χ1) is 6.24. The number of benzene rings is 1. The lowest BCUT2D eigenvalue weighted by atomic mass is 10.2. The largest absolute Gasteiger partial charge is 0.384 e. The summed E-state index contributed by atoms with van der Waals surface area (Å²) in [6, 6.07) is 5.77. The van der Waals surface area contributed by atoms with E-state index < -0.39 is 0 Å². The molecular formula is C11H12ClN. The summed E-state index contributed by atoms with van der Waals surface area (Å²) in [5, 5.41) is 3.97. The van der Waals surface area contributed by atoms with Crippen LogP contribution in [-0.4, -0.2) is 6.54 Å². The Labute approximate surface area is 84.1 Å². The fraction of sp³-hybridized carbons (Fsp3) is 0.273. The molecule has 13 heavy (non-hydrogen) atoms. The summed E-state index contributed by atoms with van der Waals surface area (Å²) < 4.78 is 0. The molecule has 1 nitrogen and oxygen atoms in total. The van der Waals surface area contributed by atoms with Gasteiger partial charge in [0.25, 0.3) is 0 Å². The zero-order valence-electron chi connectivity index (χ0n) is 7.60. The number of halogens is 1. The van der Waals surface area contributed by atoms with Gasteiger partial charge in [-0.25, -0.2) is 0 Å². The van der Waals surface area contributed by atoms with Gasteiger partial charge in [-0.15, -0.1) is 12.3 Å². The van der Waals surface area contributed by atoms with Crippen molar-refractivity contribution < 1.29 is 0 Å². The Morgan fingerprint density at radius 2 is 2.31 bits per heavy atom. The monoisotopic (exact) mass is 193 g/mol. The second kappa shape index (κ2) is 4.79. The number of hydrogen-bond acceptors (Lipinski definition) is 1. The van der Waals surface area contributed by atoms with Crippen LogP contribution in [0.15, 0.2) is 18.2 Å². The molecule has 0 aliphatic rings. The molecule has 0 aliphatic heterocycles. The van der Waals surface area contributed by atoms with Crippen molar-refractivity contribution in [2.24, 2.45) is 0 Å². The van der Waals surface area contributed by atoms with E-state index in [1.165, 1.54) is 5.56 Å². The first-order valence-corrected chi connectivity index (χ1v) is 4.55. The number of rotatable bonds is 3. The Balaban J connectivity index is 2.65. The van der Waals surface area contributed by atoms with E-state index in [-0.39, 0.29) is 0 Å². The normalized spacial score (nSPS) is 9.31. The molecule has 0 unspecified atom stereocenters. The third-order valence-electron chi connectivity index (χ3n) is 1.78. The third-order valence-corrected chi connectivity index (χ3v) is 2.02. The Morgan fingerprint density at radius 1 is 1.54 bits per heavy atom. The van der Waals surface area contributed by atoms with E-state index in [2.05, 4.69) is 11.2 Å². The summed E-state index contributed by atoms with van der Waals surface area (Å²) in [7, 11) is 0. The smallest absolute Gasteiger partial charge is 0.0426 e. The van der Waals surface area contributed by atoms with Gasteiger partial charge in [0.2, 0.25) is 0 Å². The van der Waals surface area contributed by atoms with Gasteiger partial charge in [-0.1, -0.05) is 17.7 Å². The maximum Gasteiger partial charge on any atom is 0.0426 e. The summed E-state index contributed by atoms with van der Waals surface area (Å²) in [6.45, 7) is 2.83.